The number of benzene rings is 4. The molecule has 0 saturated carbocycles. The van der Waals surface area contributed by atoms with E-state index < -0.39 is 21.8 Å². The summed E-state index contributed by atoms with van der Waals surface area (Å²) in [6, 6.07) is 19.6. The zero-order valence-electron chi connectivity index (χ0n) is 31.1. The molecule has 12 nitrogen and oxygen atoms in total. The molecular weight excluding hydrogens is 706 g/mol. The highest BCUT2D eigenvalue weighted by Crippen LogP contribution is 2.38. The van der Waals surface area contributed by atoms with Gasteiger partial charge in [0, 0.05) is 24.1 Å². The minimum absolute atomic E-state index is 0.0221. The Hall–Kier alpha value is -5.50. The number of aryl methyl sites for hydroxylation is 2. The summed E-state index contributed by atoms with van der Waals surface area (Å²) in [7, 11) is -3.42. The second-order valence-electron chi connectivity index (χ2n) is 11.4. The van der Waals surface area contributed by atoms with E-state index in [1.807, 2.05) is 20.8 Å². The number of halogens is 1. The van der Waals surface area contributed by atoms with E-state index >= 15 is 4.39 Å². The fraction of sp³-hybridized carbons (Fsp3) is 0.333. The van der Waals surface area contributed by atoms with Crippen molar-refractivity contribution < 1.29 is 46.8 Å². The van der Waals surface area contributed by atoms with Crippen molar-refractivity contribution in [3.8, 4) is 22.6 Å². The Morgan fingerprint density at radius 2 is 1.72 bits per heavy atom. The molecule has 0 saturated heterocycles. The number of ether oxygens (including phenoxy) is 2. The van der Waals surface area contributed by atoms with E-state index in [2.05, 4.69) is 5.16 Å². The number of esters is 1. The van der Waals surface area contributed by atoms with Crippen molar-refractivity contribution in [2.45, 2.75) is 65.8 Å². The maximum Gasteiger partial charge on any atom is 0.337 e. The molecule has 0 amide bonds. The number of phenols is 1. The van der Waals surface area contributed by atoms with Crippen molar-refractivity contribution in [3.05, 3.63) is 106 Å². The number of aromatic hydroxyl groups is 1. The molecule has 0 bridgehead atoms. The maximum atomic E-state index is 15.5. The number of sulfonamides is 1. The molecule has 284 valence electrons. The zero-order valence-corrected chi connectivity index (χ0v) is 31.9. The van der Waals surface area contributed by atoms with Crippen molar-refractivity contribution in [1.29, 1.82) is 0 Å². The average Bonchev–Trinajstić information content (AvgIpc) is 3.15. The Morgan fingerprint density at radius 1 is 0.981 bits per heavy atom. The average molecular weight is 753 g/mol. The second kappa shape index (κ2) is 19.9. The standard InChI is InChI=1S/C37H40FN3O9S.C2H6/c1-6-48-36(43)18-16-28-15-17-30(21-32(28)38)40(51(45,46)35-14-9-8-13-33(35)41(44)47-5)23-27-11-10-12-29(20-27)37-25(3)19-31(22-34(37)42)49-24-26(4)39-50-7-2;1-2/h8-15,17,19-22H,6-7,16,18,23-24H2,1-5H3;1-2H3/p+1/b39-26+;. The summed E-state index contributed by atoms with van der Waals surface area (Å²) in [4.78, 5) is 33.9. The van der Waals surface area contributed by atoms with Gasteiger partial charge in [0.2, 0.25) is 0 Å². The van der Waals surface area contributed by atoms with Crippen LogP contribution in [0.3, 0.4) is 0 Å². The monoisotopic (exact) mass is 752 g/mol. The van der Waals surface area contributed by atoms with E-state index in [9.17, 15) is 23.2 Å². The largest absolute Gasteiger partial charge is 0.507 e. The minimum Gasteiger partial charge on any atom is -0.507 e. The van der Waals surface area contributed by atoms with E-state index in [0.717, 1.165) is 17.5 Å². The number of hydrogen-bond donors (Lipinski definition) is 1. The lowest BCUT2D eigenvalue weighted by atomic mass is 9.97. The third-order valence-electron chi connectivity index (χ3n) is 7.65. The van der Waals surface area contributed by atoms with Gasteiger partial charge < -0.3 is 19.4 Å². The molecule has 0 heterocycles. The summed E-state index contributed by atoms with van der Waals surface area (Å²) >= 11 is 0. The van der Waals surface area contributed by atoms with Gasteiger partial charge in [0.15, 0.2) is 12.0 Å². The Balaban J connectivity index is 0.00000372. The highest BCUT2D eigenvalue weighted by Gasteiger charge is 2.35. The number of rotatable bonds is 17. The summed E-state index contributed by atoms with van der Waals surface area (Å²) in [5.41, 5.74) is 2.80. The lowest BCUT2D eigenvalue weighted by Crippen LogP contribution is -2.31. The van der Waals surface area contributed by atoms with Crippen LogP contribution in [0, 0.1) is 17.6 Å². The molecule has 14 heteroatoms. The van der Waals surface area contributed by atoms with Gasteiger partial charge in [-0.3, -0.25) is 9.10 Å². The normalized spacial score (nSPS) is 11.2. The molecule has 4 rings (SSSR count). The van der Waals surface area contributed by atoms with Crippen LogP contribution < -0.4 is 9.04 Å². The number of nitrogens with zero attached hydrogens (tertiary/aromatic N) is 3. The smallest absolute Gasteiger partial charge is 0.337 e. The first-order valence-electron chi connectivity index (χ1n) is 17.2. The van der Waals surface area contributed by atoms with Gasteiger partial charge in [-0.15, -0.1) is 0 Å². The molecule has 4 aromatic carbocycles. The van der Waals surface area contributed by atoms with Crippen LogP contribution in [0.5, 0.6) is 11.5 Å². The number of anilines is 1. The van der Waals surface area contributed by atoms with Crippen molar-refractivity contribution in [1.82, 2.24) is 0 Å². The van der Waals surface area contributed by atoms with E-state index in [1.165, 1.54) is 42.5 Å². The van der Waals surface area contributed by atoms with Crippen LogP contribution in [0.2, 0.25) is 0 Å². The molecule has 53 heavy (non-hydrogen) atoms. The highest BCUT2D eigenvalue weighted by molar-refractivity contribution is 7.93. The minimum atomic E-state index is -4.53. The summed E-state index contributed by atoms with van der Waals surface area (Å²) < 4.78 is 56.0. The summed E-state index contributed by atoms with van der Waals surface area (Å²) in [5.74, 6) is -0.838. The van der Waals surface area contributed by atoms with Gasteiger partial charge >= 0.3 is 11.7 Å². The van der Waals surface area contributed by atoms with Gasteiger partial charge in [-0.05, 0) is 86.7 Å². The number of carbonyl (C=O) groups is 1. The maximum absolute atomic E-state index is 15.5. The van der Waals surface area contributed by atoms with E-state index in [4.69, 9.17) is 19.1 Å². The van der Waals surface area contributed by atoms with Crippen molar-refractivity contribution in [3.63, 3.8) is 0 Å². The molecule has 0 radical (unpaired) electrons. The van der Waals surface area contributed by atoms with Gasteiger partial charge in [-0.1, -0.05) is 55.4 Å². The number of para-hydroxylation sites is 1. The summed E-state index contributed by atoms with van der Waals surface area (Å²) in [6.45, 7) is 11.6. The van der Waals surface area contributed by atoms with Gasteiger partial charge in [0.1, 0.15) is 30.5 Å². The van der Waals surface area contributed by atoms with Gasteiger partial charge in [-0.2, -0.15) is 0 Å². The van der Waals surface area contributed by atoms with Gasteiger partial charge in [0.25, 0.3) is 14.9 Å². The predicted molar refractivity (Wildman–Crippen MR) is 201 cm³/mol. The van der Waals surface area contributed by atoms with E-state index in [0.29, 0.717) is 40.3 Å². The van der Waals surface area contributed by atoms with Crippen LogP contribution in [-0.2, 0) is 42.2 Å². The van der Waals surface area contributed by atoms with Crippen LogP contribution in [-0.4, -0.2) is 57.1 Å². The first kappa shape index (κ1) is 41.9. The second-order valence-corrected chi connectivity index (χ2v) is 13.2. The lowest BCUT2D eigenvalue weighted by molar-refractivity contribution is -0.738. The van der Waals surface area contributed by atoms with E-state index in [1.54, 1.807) is 51.1 Å². The predicted octanol–water partition coefficient (Wildman–Crippen LogP) is 8.19. The molecule has 0 atom stereocenters. The Bertz CT molecular complexity index is 2000. The first-order chi connectivity index (χ1) is 25.4. The van der Waals surface area contributed by atoms with Crippen LogP contribution in [0.15, 0.2) is 88.9 Å². The number of hydrogen-bond acceptors (Lipinski definition) is 10. The first-order valence-corrected chi connectivity index (χ1v) is 18.6. The van der Waals surface area contributed by atoms with Crippen molar-refractivity contribution in [2.75, 3.05) is 31.2 Å². The molecular formula is C39H47FN3O9S+. The summed E-state index contributed by atoms with van der Waals surface area (Å²) in [5, 5.41) is 15.0. The molecule has 0 aliphatic carbocycles. The fourth-order valence-corrected chi connectivity index (χ4v) is 6.90. The van der Waals surface area contributed by atoms with Crippen LogP contribution >= 0.6 is 0 Å². The molecule has 4 aromatic rings. The molecule has 0 aliphatic heterocycles. The molecule has 0 spiro atoms. The van der Waals surface area contributed by atoms with Crippen LogP contribution in [0.1, 0.15) is 57.7 Å². The fourth-order valence-electron chi connectivity index (χ4n) is 5.30. The zero-order chi connectivity index (χ0) is 39.1. The highest BCUT2D eigenvalue weighted by atomic mass is 32.2. The molecule has 1 N–H and O–H groups in total. The SMILES string of the molecule is CC.CCO/N=C(\C)COc1cc(C)c(-c2cccc(CN(c3ccc(CCC(=O)OCC)c(F)c3)S(=O)(=O)c3ccccc3[N+](=O)OC)c2)c(O)c1. The van der Waals surface area contributed by atoms with Gasteiger partial charge in [0.05, 0.1) is 29.5 Å². The lowest BCUT2D eigenvalue weighted by Gasteiger charge is -2.25. The van der Waals surface area contributed by atoms with Gasteiger partial charge in [-0.25, -0.2) is 17.6 Å². The Morgan fingerprint density at radius 3 is 2.38 bits per heavy atom. The number of carbonyl (C=O) groups excluding carboxylic acids is 1. The number of phenolic OH excluding ortho intramolecular Hbond substituents is 1. The third kappa shape index (κ3) is 11.0. The Kier molecular flexibility index (Phi) is 15.8. The molecule has 0 unspecified atom stereocenters. The van der Waals surface area contributed by atoms with E-state index in [-0.39, 0.29) is 65.1 Å². The van der Waals surface area contributed by atoms with Crippen LogP contribution in [0.4, 0.5) is 15.8 Å². The van der Waals surface area contributed by atoms with Crippen LogP contribution in [0.25, 0.3) is 11.1 Å². The van der Waals surface area contributed by atoms with Crippen molar-refractivity contribution >= 4 is 33.1 Å². The molecule has 0 aromatic heterocycles. The quantitative estimate of drug-likeness (QED) is 0.0641. The topological polar surface area (TPSA) is 144 Å². The Labute approximate surface area is 310 Å². The third-order valence-corrected chi connectivity index (χ3v) is 9.47. The molecule has 0 fully saturated rings. The molecule has 0 aliphatic rings. The number of oxime groups is 1. The summed E-state index contributed by atoms with van der Waals surface area (Å²) in [6.07, 6.45) is -0.00147. The van der Waals surface area contributed by atoms with Crippen molar-refractivity contribution in [2.24, 2.45) is 5.16 Å².